The fraction of sp³-hybridized carbons (Fsp3) is 0.923. The van der Waals surface area contributed by atoms with Crippen molar-refractivity contribution in [2.45, 2.75) is 46.0 Å². The molecule has 1 aliphatic carbocycles. The van der Waals surface area contributed by atoms with E-state index in [9.17, 15) is 13.6 Å². The van der Waals surface area contributed by atoms with Gasteiger partial charge in [0.05, 0.1) is 6.54 Å². The van der Waals surface area contributed by atoms with Crippen LogP contribution in [-0.4, -0.2) is 36.9 Å². The Hall–Kier alpha value is -0.710. The highest BCUT2D eigenvalue weighted by molar-refractivity contribution is 5.79. The van der Waals surface area contributed by atoms with E-state index in [0.717, 1.165) is 25.7 Å². The van der Waals surface area contributed by atoms with Gasteiger partial charge in [-0.2, -0.15) is 0 Å². The lowest BCUT2D eigenvalue weighted by molar-refractivity contribution is -0.143. The Balaban J connectivity index is 2.74. The van der Waals surface area contributed by atoms with E-state index in [1.807, 2.05) is 0 Å². The molecule has 1 amide bonds. The van der Waals surface area contributed by atoms with Crippen molar-refractivity contribution >= 4 is 5.91 Å². The predicted octanol–water partition coefficient (Wildman–Crippen LogP) is 2.26. The van der Waals surface area contributed by atoms with Gasteiger partial charge in [-0.3, -0.25) is 4.79 Å². The minimum atomic E-state index is -2.49. The second-order valence-electron chi connectivity index (χ2n) is 5.75. The first-order valence-corrected chi connectivity index (χ1v) is 6.65. The quantitative estimate of drug-likeness (QED) is 0.826. The maximum atomic E-state index is 12.5. The molecule has 2 N–H and O–H groups in total. The average molecular weight is 262 g/mol. The summed E-state index contributed by atoms with van der Waals surface area (Å²) in [6, 6.07) is 0. The van der Waals surface area contributed by atoms with Crippen LogP contribution in [0.4, 0.5) is 8.78 Å². The Labute approximate surface area is 108 Å². The standard InChI is InChI=1S/C13H24F2N2O/c1-13(2)6-4-3-5-10(13)12(18)17(8-7-16)9-11(14)15/h10-11H,3-9,16H2,1-2H3. The van der Waals surface area contributed by atoms with Gasteiger partial charge in [-0.15, -0.1) is 0 Å². The summed E-state index contributed by atoms with van der Waals surface area (Å²) in [6.45, 7) is 4.05. The Morgan fingerprint density at radius 2 is 2.11 bits per heavy atom. The summed E-state index contributed by atoms with van der Waals surface area (Å²) in [6.07, 6.45) is 1.41. The molecular formula is C13H24F2N2O. The van der Waals surface area contributed by atoms with Crippen LogP contribution in [0.15, 0.2) is 0 Å². The van der Waals surface area contributed by atoms with Crippen LogP contribution in [0.25, 0.3) is 0 Å². The molecule has 0 radical (unpaired) electrons. The number of amides is 1. The highest BCUT2D eigenvalue weighted by atomic mass is 19.3. The van der Waals surface area contributed by atoms with E-state index in [2.05, 4.69) is 13.8 Å². The first-order valence-electron chi connectivity index (χ1n) is 6.65. The van der Waals surface area contributed by atoms with Crippen molar-refractivity contribution in [3.63, 3.8) is 0 Å². The zero-order valence-electron chi connectivity index (χ0n) is 11.3. The first-order chi connectivity index (χ1) is 8.38. The number of nitrogens with two attached hydrogens (primary N) is 1. The molecular weight excluding hydrogens is 238 g/mol. The summed E-state index contributed by atoms with van der Waals surface area (Å²) in [5, 5.41) is 0. The number of nitrogens with zero attached hydrogens (tertiary/aromatic N) is 1. The monoisotopic (exact) mass is 262 g/mol. The minimum absolute atomic E-state index is 0.0930. The van der Waals surface area contributed by atoms with Crippen LogP contribution >= 0.6 is 0 Å². The molecule has 1 fully saturated rings. The third-order valence-corrected chi connectivity index (χ3v) is 3.87. The van der Waals surface area contributed by atoms with Crippen LogP contribution in [0.3, 0.4) is 0 Å². The average Bonchev–Trinajstić information content (AvgIpc) is 2.26. The van der Waals surface area contributed by atoms with Crippen LogP contribution in [0.1, 0.15) is 39.5 Å². The van der Waals surface area contributed by atoms with Crippen LogP contribution in [-0.2, 0) is 4.79 Å². The summed E-state index contributed by atoms with van der Waals surface area (Å²) in [5.41, 5.74) is 5.31. The van der Waals surface area contributed by atoms with Crippen molar-refractivity contribution in [1.82, 2.24) is 4.90 Å². The molecule has 0 aliphatic heterocycles. The molecule has 1 aliphatic rings. The SMILES string of the molecule is CC1(C)CCCCC1C(=O)N(CCN)CC(F)F. The number of rotatable bonds is 5. The normalized spacial score (nSPS) is 23.1. The van der Waals surface area contributed by atoms with Gasteiger partial charge < -0.3 is 10.6 Å². The Bertz CT molecular complexity index is 282. The van der Waals surface area contributed by atoms with Gasteiger partial charge in [0.1, 0.15) is 0 Å². The molecule has 1 rings (SSSR count). The van der Waals surface area contributed by atoms with Crippen molar-refractivity contribution in [1.29, 1.82) is 0 Å². The van der Waals surface area contributed by atoms with Crippen molar-refractivity contribution in [2.75, 3.05) is 19.6 Å². The molecule has 1 unspecified atom stereocenters. The van der Waals surface area contributed by atoms with Crippen molar-refractivity contribution in [2.24, 2.45) is 17.1 Å². The highest BCUT2D eigenvalue weighted by Gasteiger charge is 2.39. The second-order valence-corrected chi connectivity index (χ2v) is 5.75. The molecule has 0 aromatic rings. The maximum absolute atomic E-state index is 12.5. The molecule has 18 heavy (non-hydrogen) atoms. The summed E-state index contributed by atoms with van der Waals surface area (Å²) >= 11 is 0. The molecule has 0 aromatic carbocycles. The van der Waals surface area contributed by atoms with Crippen LogP contribution in [0.2, 0.25) is 0 Å². The van der Waals surface area contributed by atoms with Crippen molar-refractivity contribution in [3.05, 3.63) is 0 Å². The highest BCUT2D eigenvalue weighted by Crippen LogP contribution is 2.41. The van der Waals surface area contributed by atoms with E-state index in [0.29, 0.717) is 0 Å². The minimum Gasteiger partial charge on any atom is -0.335 e. The van der Waals surface area contributed by atoms with Gasteiger partial charge in [0, 0.05) is 19.0 Å². The molecule has 106 valence electrons. The van der Waals surface area contributed by atoms with Crippen LogP contribution < -0.4 is 5.73 Å². The van der Waals surface area contributed by atoms with Crippen molar-refractivity contribution < 1.29 is 13.6 Å². The Morgan fingerprint density at radius 1 is 1.44 bits per heavy atom. The number of carbonyl (C=O) groups is 1. The summed E-state index contributed by atoms with van der Waals surface area (Å²) in [7, 11) is 0. The predicted molar refractivity (Wildman–Crippen MR) is 67.4 cm³/mol. The number of alkyl halides is 2. The third-order valence-electron chi connectivity index (χ3n) is 3.87. The molecule has 5 heteroatoms. The topological polar surface area (TPSA) is 46.3 Å². The fourth-order valence-electron chi connectivity index (χ4n) is 2.79. The third kappa shape index (κ3) is 3.90. The molecule has 0 saturated heterocycles. The lowest BCUT2D eigenvalue weighted by atomic mass is 9.68. The van der Waals surface area contributed by atoms with Crippen molar-refractivity contribution in [3.8, 4) is 0 Å². The molecule has 1 saturated carbocycles. The second kappa shape index (κ2) is 6.45. The van der Waals surface area contributed by atoms with Crippen LogP contribution in [0, 0.1) is 11.3 Å². The van der Waals surface area contributed by atoms with Gasteiger partial charge >= 0.3 is 0 Å². The summed E-state index contributed by atoms with van der Waals surface area (Å²) in [4.78, 5) is 13.6. The van der Waals surface area contributed by atoms with E-state index < -0.39 is 13.0 Å². The van der Waals surface area contributed by atoms with E-state index in [4.69, 9.17) is 5.73 Å². The van der Waals surface area contributed by atoms with Gasteiger partial charge in [0.25, 0.3) is 6.43 Å². The zero-order chi connectivity index (χ0) is 13.8. The molecule has 0 heterocycles. The maximum Gasteiger partial charge on any atom is 0.255 e. The summed E-state index contributed by atoms with van der Waals surface area (Å²) < 4.78 is 25.0. The Morgan fingerprint density at radius 3 is 2.61 bits per heavy atom. The molecule has 0 aromatic heterocycles. The van der Waals surface area contributed by atoms with Gasteiger partial charge in [0.15, 0.2) is 0 Å². The van der Waals surface area contributed by atoms with E-state index >= 15 is 0 Å². The van der Waals surface area contributed by atoms with E-state index in [1.165, 1.54) is 4.90 Å². The number of hydrogen-bond acceptors (Lipinski definition) is 2. The summed E-state index contributed by atoms with van der Waals surface area (Å²) in [5.74, 6) is -0.290. The smallest absolute Gasteiger partial charge is 0.255 e. The lowest BCUT2D eigenvalue weighted by Gasteiger charge is -2.40. The first kappa shape index (κ1) is 15.3. The lowest BCUT2D eigenvalue weighted by Crippen LogP contribution is -2.47. The van der Waals surface area contributed by atoms with Gasteiger partial charge in [0.2, 0.25) is 5.91 Å². The zero-order valence-corrected chi connectivity index (χ0v) is 11.3. The van der Waals surface area contributed by atoms with Gasteiger partial charge in [-0.25, -0.2) is 8.78 Å². The molecule has 0 spiro atoms. The Kier molecular flexibility index (Phi) is 5.50. The van der Waals surface area contributed by atoms with E-state index in [-0.39, 0.29) is 30.3 Å². The number of halogens is 2. The number of carbonyl (C=O) groups excluding carboxylic acids is 1. The van der Waals surface area contributed by atoms with Crippen LogP contribution in [0.5, 0.6) is 0 Å². The number of hydrogen-bond donors (Lipinski definition) is 1. The fourth-order valence-corrected chi connectivity index (χ4v) is 2.79. The molecule has 0 bridgehead atoms. The van der Waals surface area contributed by atoms with E-state index in [1.54, 1.807) is 0 Å². The largest absolute Gasteiger partial charge is 0.335 e. The van der Waals surface area contributed by atoms with Gasteiger partial charge in [-0.1, -0.05) is 26.7 Å². The molecule has 3 nitrogen and oxygen atoms in total. The van der Waals surface area contributed by atoms with Gasteiger partial charge in [-0.05, 0) is 18.3 Å². The molecule has 1 atom stereocenters.